The van der Waals surface area contributed by atoms with Crippen molar-refractivity contribution >= 4 is 23.3 Å². The predicted molar refractivity (Wildman–Crippen MR) is 105 cm³/mol. The number of rotatable bonds is 7. The van der Waals surface area contributed by atoms with Crippen LogP contribution in [0.25, 0.3) is 0 Å². The molecule has 3 rings (SSSR count). The zero-order valence-corrected chi connectivity index (χ0v) is 16.1. The van der Waals surface area contributed by atoms with Crippen LogP contribution in [0.15, 0.2) is 41.9 Å². The molecule has 9 heteroatoms. The van der Waals surface area contributed by atoms with Gasteiger partial charge < -0.3 is 15.0 Å². The van der Waals surface area contributed by atoms with Gasteiger partial charge in [-0.25, -0.2) is 9.99 Å². The van der Waals surface area contributed by atoms with E-state index in [1.54, 1.807) is 6.20 Å². The number of carbonyl (C=O) groups is 2. The molecule has 0 bridgehead atoms. The minimum Gasteiger partial charge on any atom is -0.480 e. The minimum absolute atomic E-state index is 0.188. The van der Waals surface area contributed by atoms with Crippen LogP contribution in [0, 0.1) is 0 Å². The van der Waals surface area contributed by atoms with Crippen LogP contribution in [0.5, 0.6) is 0 Å². The first-order valence-electron chi connectivity index (χ1n) is 8.95. The van der Waals surface area contributed by atoms with Gasteiger partial charge in [0.1, 0.15) is 6.04 Å². The van der Waals surface area contributed by atoms with E-state index in [4.69, 9.17) is 0 Å². The molecule has 148 valence electrons. The van der Waals surface area contributed by atoms with E-state index >= 15 is 0 Å². The molecule has 3 N–H and O–H groups in total. The molecule has 0 unspecified atom stereocenters. The molecule has 0 saturated carbocycles. The lowest BCUT2D eigenvalue weighted by Crippen LogP contribution is -2.49. The Bertz CT molecular complexity index is 860. The first-order valence-corrected chi connectivity index (χ1v) is 8.95. The zero-order chi connectivity index (χ0) is 20.3. The van der Waals surface area contributed by atoms with Crippen LogP contribution in [-0.4, -0.2) is 70.4 Å². The van der Waals surface area contributed by atoms with Gasteiger partial charge in [-0.05, 0) is 17.7 Å². The first kappa shape index (κ1) is 19.6. The highest BCUT2D eigenvalue weighted by molar-refractivity contribution is 6.06. The number of carboxylic acid groups (broad SMARTS) is 1. The summed E-state index contributed by atoms with van der Waals surface area (Å²) in [5.74, 6) is -1.16. The molecule has 0 saturated heterocycles. The Morgan fingerprint density at radius 1 is 1.36 bits per heavy atom. The SMILES string of the molecule is CC(=O)N1C[C@@H](N[C@@H](Cc2cnc[nH]2)C(=O)O)C(c2ccc(N(C)C)cc2)=N1. The number of nitrogens with one attached hydrogen (secondary N) is 2. The molecule has 1 aliphatic rings. The van der Waals surface area contributed by atoms with Gasteiger partial charge in [0.05, 0.1) is 24.6 Å². The summed E-state index contributed by atoms with van der Waals surface area (Å²) in [6, 6.07) is 6.55. The van der Waals surface area contributed by atoms with E-state index in [2.05, 4.69) is 20.4 Å². The van der Waals surface area contributed by atoms with Crippen LogP contribution in [0.4, 0.5) is 5.69 Å². The number of anilines is 1. The molecule has 2 atom stereocenters. The van der Waals surface area contributed by atoms with E-state index in [0.29, 0.717) is 5.71 Å². The Kier molecular flexibility index (Phi) is 5.74. The van der Waals surface area contributed by atoms with Crippen molar-refractivity contribution < 1.29 is 14.7 Å². The van der Waals surface area contributed by atoms with Crippen molar-refractivity contribution in [1.29, 1.82) is 0 Å². The molecule has 0 radical (unpaired) electrons. The summed E-state index contributed by atoms with van der Waals surface area (Å²) in [5, 5.41) is 18.6. The number of carboxylic acids is 1. The van der Waals surface area contributed by atoms with Crippen LogP contribution >= 0.6 is 0 Å². The van der Waals surface area contributed by atoms with E-state index in [-0.39, 0.29) is 18.9 Å². The van der Waals surface area contributed by atoms with Crippen LogP contribution in [-0.2, 0) is 16.0 Å². The van der Waals surface area contributed by atoms with E-state index in [0.717, 1.165) is 16.9 Å². The Morgan fingerprint density at radius 3 is 2.61 bits per heavy atom. The fourth-order valence-electron chi connectivity index (χ4n) is 3.10. The normalized spacial score (nSPS) is 17.3. The average molecular weight is 384 g/mol. The van der Waals surface area contributed by atoms with Crippen molar-refractivity contribution in [2.45, 2.75) is 25.4 Å². The predicted octanol–water partition coefficient (Wildman–Crippen LogP) is 0.696. The van der Waals surface area contributed by atoms with Crippen LogP contribution in [0.3, 0.4) is 0 Å². The quantitative estimate of drug-likeness (QED) is 0.647. The van der Waals surface area contributed by atoms with E-state index < -0.39 is 18.1 Å². The Labute approximate surface area is 163 Å². The number of benzene rings is 1. The molecule has 2 heterocycles. The summed E-state index contributed by atoms with van der Waals surface area (Å²) in [7, 11) is 3.91. The van der Waals surface area contributed by atoms with E-state index in [1.807, 2.05) is 43.3 Å². The number of aliphatic carboxylic acids is 1. The average Bonchev–Trinajstić information content (AvgIpc) is 3.31. The Morgan fingerprint density at radius 2 is 2.07 bits per heavy atom. The lowest BCUT2D eigenvalue weighted by atomic mass is 10.0. The van der Waals surface area contributed by atoms with Crippen LogP contribution < -0.4 is 10.2 Å². The van der Waals surface area contributed by atoms with Gasteiger partial charge in [-0.2, -0.15) is 5.10 Å². The maximum atomic E-state index is 11.8. The smallest absolute Gasteiger partial charge is 0.321 e. The number of nitrogens with zero attached hydrogens (tertiary/aromatic N) is 4. The van der Waals surface area contributed by atoms with E-state index in [9.17, 15) is 14.7 Å². The number of hydrogen-bond donors (Lipinski definition) is 3. The number of aromatic nitrogens is 2. The van der Waals surface area contributed by atoms with Gasteiger partial charge in [-0.1, -0.05) is 12.1 Å². The van der Waals surface area contributed by atoms with Crippen molar-refractivity contribution in [3.05, 3.63) is 48.0 Å². The van der Waals surface area contributed by atoms with Crippen LogP contribution in [0.1, 0.15) is 18.2 Å². The van der Waals surface area contributed by atoms with Crippen LogP contribution in [0.2, 0.25) is 0 Å². The lowest BCUT2D eigenvalue weighted by Gasteiger charge is -2.21. The Balaban J connectivity index is 1.83. The third-order valence-corrected chi connectivity index (χ3v) is 4.64. The minimum atomic E-state index is -0.974. The number of amides is 1. The maximum Gasteiger partial charge on any atom is 0.321 e. The van der Waals surface area contributed by atoms with Crippen molar-refractivity contribution in [3.8, 4) is 0 Å². The number of aromatic amines is 1. The second-order valence-electron chi connectivity index (χ2n) is 6.92. The first-order chi connectivity index (χ1) is 13.3. The highest BCUT2D eigenvalue weighted by atomic mass is 16.4. The fourth-order valence-corrected chi connectivity index (χ4v) is 3.10. The summed E-state index contributed by atoms with van der Waals surface area (Å²) in [4.78, 5) is 32.5. The molecule has 0 spiro atoms. The monoisotopic (exact) mass is 384 g/mol. The van der Waals surface area contributed by atoms with Gasteiger partial charge in [0.2, 0.25) is 5.91 Å². The summed E-state index contributed by atoms with van der Waals surface area (Å²) in [6.07, 6.45) is 3.36. The third kappa shape index (κ3) is 4.37. The van der Waals surface area contributed by atoms with Crippen molar-refractivity contribution in [1.82, 2.24) is 20.3 Å². The molecule has 1 aliphatic heterocycles. The van der Waals surface area contributed by atoms with Gasteiger partial charge in [0, 0.05) is 45.0 Å². The van der Waals surface area contributed by atoms with Gasteiger partial charge in [0.25, 0.3) is 0 Å². The summed E-state index contributed by atoms with van der Waals surface area (Å²) < 4.78 is 0. The largest absolute Gasteiger partial charge is 0.480 e. The topological polar surface area (TPSA) is 114 Å². The zero-order valence-electron chi connectivity index (χ0n) is 16.1. The maximum absolute atomic E-state index is 11.8. The number of imidazole rings is 1. The Hall–Kier alpha value is -3.20. The number of hydrogen-bond acceptors (Lipinski definition) is 6. The fraction of sp³-hybridized carbons (Fsp3) is 0.368. The molecular weight excluding hydrogens is 360 g/mol. The molecule has 1 amide bonds. The summed E-state index contributed by atoms with van der Waals surface area (Å²) >= 11 is 0. The van der Waals surface area contributed by atoms with E-state index in [1.165, 1.54) is 18.3 Å². The van der Waals surface area contributed by atoms with Crippen molar-refractivity contribution in [3.63, 3.8) is 0 Å². The number of H-pyrrole nitrogens is 1. The molecule has 1 aromatic carbocycles. The van der Waals surface area contributed by atoms with Gasteiger partial charge in [0.15, 0.2) is 0 Å². The summed E-state index contributed by atoms with van der Waals surface area (Å²) in [6.45, 7) is 1.73. The number of carbonyl (C=O) groups excluding carboxylic acids is 1. The molecule has 28 heavy (non-hydrogen) atoms. The molecule has 0 aliphatic carbocycles. The highest BCUT2D eigenvalue weighted by Gasteiger charge is 2.33. The molecular formula is C19H24N6O3. The van der Waals surface area contributed by atoms with Gasteiger partial charge in [-0.15, -0.1) is 0 Å². The number of hydrazone groups is 1. The standard InChI is InChI=1S/C19H24N6O3/c1-12(26)25-10-17(22-16(19(27)28)8-14-9-20-11-21-14)18(23-25)13-4-6-15(7-5-13)24(2)3/h4-7,9,11,16-17,22H,8,10H2,1-3H3,(H,20,21)(H,27,28)/t16-,17+/m0/s1. The van der Waals surface area contributed by atoms with Crippen molar-refractivity contribution in [2.24, 2.45) is 5.10 Å². The molecule has 2 aromatic rings. The molecule has 1 aromatic heterocycles. The highest BCUT2D eigenvalue weighted by Crippen LogP contribution is 2.19. The third-order valence-electron chi connectivity index (χ3n) is 4.64. The molecule has 0 fully saturated rings. The van der Waals surface area contributed by atoms with Gasteiger partial charge in [-0.3, -0.25) is 14.9 Å². The van der Waals surface area contributed by atoms with Gasteiger partial charge >= 0.3 is 5.97 Å². The second kappa shape index (κ2) is 8.22. The van der Waals surface area contributed by atoms with Crippen molar-refractivity contribution in [2.75, 3.05) is 25.5 Å². The lowest BCUT2D eigenvalue weighted by molar-refractivity contribution is -0.139. The second-order valence-corrected chi connectivity index (χ2v) is 6.92. The molecule has 9 nitrogen and oxygen atoms in total. The summed E-state index contributed by atoms with van der Waals surface area (Å²) in [5.41, 5.74) is 3.25.